The normalized spacial score (nSPS) is 28.0. The number of aliphatic hydroxyl groups is 1. The zero-order valence-corrected chi connectivity index (χ0v) is 19.4. The number of rotatable bonds is 4. The van der Waals surface area contributed by atoms with E-state index >= 15 is 0 Å². The molecule has 0 spiro atoms. The molecule has 3 aliphatic heterocycles. The first-order valence-corrected chi connectivity index (χ1v) is 11.8. The number of aliphatic hydroxyl groups excluding tert-OH is 1. The molecule has 0 aromatic heterocycles. The number of hydrogen-bond acceptors (Lipinski definition) is 5. The van der Waals surface area contributed by atoms with Crippen LogP contribution in [-0.4, -0.2) is 55.6 Å². The van der Waals surface area contributed by atoms with Crippen LogP contribution in [-0.2, 0) is 26.6 Å². The third-order valence-electron chi connectivity index (χ3n) is 7.15. The Morgan fingerprint density at radius 2 is 1.73 bits per heavy atom. The number of alkyl halides is 6. The van der Waals surface area contributed by atoms with Gasteiger partial charge in [-0.1, -0.05) is 18.2 Å². The minimum atomic E-state index is -4.69. The van der Waals surface area contributed by atoms with E-state index in [0.717, 1.165) is 18.2 Å². The number of hydrogen-bond donors (Lipinski definition) is 2. The largest absolute Gasteiger partial charge is 0.418 e. The number of anilines is 2. The summed E-state index contributed by atoms with van der Waals surface area (Å²) in [5.74, 6) is -2.58. The number of nitrogens with zero attached hydrogens (tertiary/aromatic N) is 1. The van der Waals surface area contributed by atoms with Crippen LogP contribution in [0.15, 0.2) is 42.5 Å². The molecule has 5 rings (SSSR count). The predicted molar refractivity (Wildman–Crippen MR) is 120 cm³/mol. The fraction of sp³-hybridized carbons (Fsp3) is 0.480. The molecule has 5 atom stereocenters. The molecule has 3 saturated heterocycles. The lowest BCUT2D eigenvalue weighted by Crippen LogP contribution is -2.41. The van der Waals surface area contributed by atoms with Gasteiger partial charge in [-0.05, 0) is 29.8 Å². The highest BCUT2D eigenvalue weighted by Gasteiger charge is 2.57. The summed E-state index contributed by atoms with van der Waals surface area (Å²) in [5.41, 5.74) is -1.78. The molecule has 6 nitrogen and oxygen atoms in total. The van der Waals surface area contributed by atoms with Crippen LogP contribution in [0.4, 0.5) is 37.7 Å². The van der Waals surface area contributed by atoms with E-state index in [0.29, 0.717) is 13.2 Å². The Hall–Kier alpha value is -2.83. The van der Waals surface area contributed by atoms with Crippen LogP contribution in [0.1, 0.15) is 29.0 Å². The van der Waals surface area contributed by atoms with Crippen molar-refractivity contribution in [2.75, 3.05) is 36.5 Å². The fourth-order valence-corrected chi connectivity index (χ4v) is 5.51. The Morgan fingerprint density at radius 3 is 2.41 bits per heavy atom. The monoisotopic (exact) mass is 530 g/mol. The van der Waals surface area contributed by atoms with Gasteiger partial charge >= 0.3 is 12.4 Å². The maximum absolute atomic E-state index is 13.9. The molecule has 0 aliphatic carbocycles. The van der Waals surface area contributed by atoms with Crippen LogP contribution in [0.3, 0.4) is 0 Å². The minimum absolute atomic E-state index is 0.0259. The average Bonchev–Trinajstić information content (AvgIpc) is 3.41. The van der Waals surface area contributed by atoms with Crippen LogP contribution in [0.2, 0.25) is 0 Å². The van der Waals surface area contributed by atoms with Crippen molar-refractivity contribution in [2.24, 2.45) is 5.92 Å². The van der Waals surface area contributed by atoms with Crippen LogP contribution in [0.25, 0.3) is 0 Å². The van der Waals surface area contributed by atoms with Crippen molar-refractivity contribution in [2.45, 2.75) is 43.0 Å². The van der Waals surface area contributed by atoms with E-state index in [1.54, 1.807) is 4.90 Å². The smallest absolute Gasteiger partial charge is 0.390 e. The molecule has 3 heterocycles. The van der Waals surface area contributed by atoms with Crippen LogP contribution in [0, 0.1) is 5.92 Å². The van der Waals surface area contributed by atoms with E-state index in [2.05, 4.69) is 5.32 Å². The van der Waals surface area contributed by atoms with E-state index in [4.69, 9.17) is 9.47 Å². The number of ether oxygens (including phenoxy) is 2. The predicted octanol–water partition coefficient (Wildman–Crippen LogP) is 4.43. The second-order valence-electron chi connectivity index (χ2n) is 9.44. The number of morpholine rings is 1. The lowest BCUT2D eigenvalue weighted by Gasteiger charge is -2.32. The summed E-state index contributed by atoms with van der Waals surface area (Å²) in [6.45, 7) is 1.17. The van der Waals surface area contributed by atoms with Gasteiger partial charge in [-0.25, -0.2) is 0 Å². The summed E-state index contributed by atoms with van der Waals surface area (Å²) in [7, 11) is 0. The highest BCUT2D eigenvalue weighted by atomic mass is 19.4. The summed E-state index contributed by atoms with van der Waals surface area (Å²) in [5, 5.41) is 12.8. The van der Waals surface area contributed by atoms with Gasteiger partial charge in [0.05, 0.1) is 48.6 Å². The summed E-state index contributed by atoms with van der Waals surface area (Å²) in [4.78, 5) is 14.9. The van der Waals surface area contributed by atoms with Crippen molar-refractivity contribution in [1.82, 2.24) is 0 Å². The number of benzene rings is 2. The molecule has 2 N–H and O–H groups in total. The molecule has 200 valence electrons. The maximum Gasteiger partial charge on any atom is 0.418 e. The minimum Gasteiger partial charge on any atom is -0.390 e. The molecule has 3 aliphatic rings. The number of amides is 1. The molecule has 1 amide bonds. The SMILES string of the molecule is O=C(Nc1ccc(N2CCOCC2)c(C(F)(F)F)c1)C1C2CC(O)C(O2)C1c1cccc(C(F)(F)F)c1. The second-order valence-corrected chi connectivity index (χ2v) is 9.44. The van der Waals surface area contributed by atoms with Crippen LogP contribution in [0.5, 0.6) is 0 Å². The summed E-state index contributed by atoms with van der Waals surface area (Å²) < 4.78 is 92.5. The van der Waals surface area contributed by atoms with Gasteiger partial charge in [0.15, 0.2) is 0 Å². The third kappa shape index (κ3) is 5.01. The van der Waals surface area contributed by atoms with Gasteiger partial charge in [-0.3, -0.25) is 4.79 Å². The zero-order chi connectivity index (χ0) is 26.5. The number of fused-ring (bicyclic) bond motifs is 2. The van der Waals surface area contributed by atoms with Crippen LogP contribution >= 0.6 is 0 Å². The maximum atomic E-state index is 13.9. The molecule has 2 aromatic rings. The Kier molecular flexibility index (Phi) is 6.61. The highest BCUT2D eigenvalue weighted by molar-refractivity contribution is 5.94. The highest BCUT2D eigenvalue weighted by Crippen LogP contribution is 2.50. The Bertz CT molecular complexity index is 1160. The van der Waals surface area contributed by atoms with Crippen molar-refractivity contribution in [3.05, 3.63) is 59.2 Å². The van der Waals surface area contributed by atoms with Crippen molar-refractivity contribution in [3.8, 4) is 0 Å². The summed E-state index contributed by atoms with van der Waals surface area (Å²) in [6, 6.07) is 7.96. The van der Waals surface area contributed by atoms with Crippen molar-refractivity contribution in [3.63, 3.8) is 0 Å². The first kappa shape index (κ1) is 25.8. The Labute approximate surface area is 208 Å². The second kappa shape index (κ2) is 9.48. The summed E-state index contributed by atoms with van der Waals surface area (Å²) in [6.07, 6.45) is -11.9. The van der Waals surface area contributed by atoms with Gasteiger partial charge < -0.3 is 24.8 Å². The average molecular weight is 530 g/mol. The van der Waals surface area contributed by atoms with Gasteiger partial charge in [0.2, 0.25) is 5.91 Å². The van der Waals surface area contributed by atoms with E-state index in [1.807, 2.05) is 0 Å². The van der Waals surface area contributed by atoms with E-state index in [1.165, 1.54) is 24.3 Å². The standard InChI is InChI=1S/C25H24F6N2O4/c26-24(27,28)14-3-1-2-13(10-14)20-21(19-12-18(34)22(20)37-19)23(35)32-15-4-5-17(16(11-15)25(29,30)31)33-6-8-36-9-7-33/h1-5,10-11,18-22,34H,6-9,12H2,(H,32,35). The van der Waals surface area contributed by atoms with E-state index in [-0.39, 0.29) is 36.4 Å². The first-order chi connectivity index (χ1) is 17.4. The quantitative estimate of drug-likeness (QED) is 0.573. The van der Waals surface area contributed by atoms with Crippen molar-refractivity contribution < 1.29 is 45.7 Å². The number of nitrogens with one attached hydrogen (secondary N) is 1. The molecule has 3 fully saturated rings. The molecule has 5 unspecified atom stereocenters. The molecule has 2 bridgehead atoms. The number of carbonyl (C=O) groups is 1. The number of halogens is 6. The lowest BCUT2D eigenvalue weighted by atomic mass is 9.73. The molecular weight excluding hydrogens is 506 g/mol. The Balaban J connectivity index is 1.43. The van der Waals surface area contributed by atoms with Gasteiger partial charge in [-0.15, -0.1) is 0 Å². The van der Waals surface area contributed by atoms with Gasteiger partial charge in [-0.2, -0.15) is 26.3 Å². The third-order valence-corrected chi connectivity index (χ3v) is 7.15. The van der Waals surface area contributed by atoms with Crippen molar-refractivity contribution in [1.29, 1.82) is 0 Å². The lowest BCUT2D eigenvalue weighted by molar-refractivity contribution is -0.138. The molecule has 0 radical (unpaired) electrons. The van der Waals surface area contributed by atoms with Gasteiger partial charge in [0, 0.05) is 36.8 Å². The first-order valence-electron chi connectivity index (χ1n) is 11.8. The molecular formula is C25H24F6N2O4. The Morgan fingerprint density at radius 1 is 1.00 bits per heavy atom. The summed E-state index contributed by atoms with van der Waals surface area (Å²) >= 11 is 0. The topological polar surface area (TPSA) is 71.0 Å². The molecule has 2 aromatic carbocycles. The molecule has 0 saturated carbocycles. The number of carbonyl (C=O) groups excluding carboxylic acids is 1. The van der Waals surface area contributed by atoms with E-state index < -0.39 is 59.5 Å². The van der Waals surface area contributed by atoms with Gasteiger partial charge in [0.25, 0.3) is 0 Å². The van der Waals surface area contributed by atoms with Crippen LogP contribution < -0.4 is 10.2 Å². The van der Waals surface area contributed by atoms with Gasteiger partial charge in [0.1, 0.15) is 0 Å². The molecule has 37 heavy (non-hydrogen) atoms. The molecule has 12 heteroatoms. The fourth-order valence-electron chi connectivity index (χ4n) is 5.51. The van der Waals surface area contributed by atoms with Crippen molar-refractivity contribution >= 4 is 17.3 Å². The van der Waals surface area contributed by atoms with E-state index in [9.17, 15) is 36.2 Å². The zero-order valence-electron chi connectivity index (χ0n) is 19.4.